The minimum Gasteiger partial charge on any atom is -0.337 e. The van der Waals surface area contributed by atoms with Gasteiger partial charge in [0.2, 0.25) is 11.8 Å². The van der Waals surface area contributed by atoms with Crippen LogP contribution in [0.2, 0.25) is 0 Å². The van der Waals surface area contributed by atoms with E-state index in [1.165, 1.54) is 30.0 Å². The van der Waals surface area contributed by atoms with E-state index < -0.39 is 11.8 Å². The van der Waals surface area contributed by atoms with E-state index >= 15 is 0 Å². The Kier molecular flexibility index (Phi) is 10.3. The summed E-state index contributed by atoms with van der Waals surface area (Å²) in [4.78, 5) is 54.5. The molecule has 2 heterocycles. The first-order chi connectivity index (χ1) is 22.2. The monoisotopic (exact) mass is 649 g/mol. The predicted molar refractivity (Wildman–Crippen MR) is 181 cm³/mol. The smallest absolute Gasteiger partial charge is 0.272 e. The fraction of sp³-hybridized carbons (Fsp3) is 0.171. The fourth-order valence-electron chi connectivity index (χ4n) is 4.90. The third-order valence-corrected chi connectivity index (χ3v) is 9.47. The van der Waals surface area contributed by atoms with Crippen LogP contribution in [-0.2, 0) is 27.3 Å². The van der Waals surface area contributed by atoms with Crippen LogP contribution in [0.25, 0.3) is 6.08 Å². The molecule has 0 atom stereocenters. The number of benzene rings is 3. The molecule has 4 aromatic rings. The van der Waals surface area contributed by atoms with Crippen LogP contribution in [0.5, 0.6) is 0 Å². The Morgan fingerprint density at radius 2 is 1.76 bits per heavy atom. The van der Waals surface area contributed by atoms with Crippen molar-refractivity contribution in [2.45, 2.75) is 31.7 Å². The molecule has 0 bridgehead atoms. The SMILES string of the molecule is CC(=O)N1CCc2c(sc(NC(=O)CSc3cccc(NC(=O)/C(=C/c4ccccc4C)NC(=O)c4ccccc4)c3)c2C#N)C1. The van der Waals surface area contributed by atoms with Crippen LogP contribution in [-0.4, -0.2) is 40.8 Å². The Morgan fingerprint density at radius 1 is 1.00 bits per heavy atom. The summed E-state index contributed by atoms with van der Waals surface area (Å²) in [5.41, 5.74) is 4.09. The lowest BCUT2D eigenvalue weighted by Crippen LogP contribution is -2.33. The Hall–Kier alpha value is -5.18. The quantitative estimate of drug-likeness (QED) is 0.151. The summed E-state index contributed by atoms with van der Waals surface area (Å²) in [5, 5.41) is 18.7. The number of carbonyl (C=O) groups excluding carboxylic acids is 4. The van der Waals surface area contributed by atoms with E-state index in [9.17, 15) is 24.4 Å². The molecule has 46 heavy (non-hydrogen) atoms. The number of nitriles is 1. The first-order valence-corrected chi connectivity index (χ1v) is 16.3. The molecular weight excluding hydrogens is 619 g/mol. The highest BCUT2D eigenvalue weighted by molar-refractivity contribution is 8.00. The molecule has 5 rings (SSSR count). The number of anilines is 2. The maximum atomic E-state index is 13.5. The second-order valence-electron chi connectivity index (χ2n) is 10.6. The summed E-state index contributed by atoms with van der Waals surface area (Å²) in [5.74, 6) is -1.12. The molecule has 3 N–H and O–H groups in total. The molecule has 0 saturated heterocycles. The molecule has 0 radical (unpaired) electrons. The van der Waals surface area contributed by atoms with Crippen molar-refractivity contribution in [1.82, 2.24) is 10.2 Å². The van der Waals surface area contributed by atoms with Crippen LogP contribution >= 0.6 is 23.1 Å². The van der Waals surface area contributed by atoms with Crippen LogP contribution in [0.15, 0.2) is 89.5 Å². The van der Waals surface area contributed by atoms with Gasteiger partial charge < -0.3 is 20.9 Å². The molecule has 0 fully saturated rings. The lowest BCUT2D eigenvalue weighted by Gasteiger charge is -2.25. The van der Waals surface area contributed by atoms with Gasteiger partial charge in [-0.3, -0.25) is 19.2 Å². The van der Waals surface area contributed by atoms with Crippen molar-refractivity contribution in [2.24, 2.45) is 0 Å². The number of amides is 4. The van der Waals surface area contributed by atoms with Crippen molar-refractivity contribution in [1.29, 1.82) is 5.26 Å². The van der Waals surface area contributed by atoms with Crippen molar-refractivity contribution < 1.29 is 19.2 Å². The summed E-state index contributed by atoms with van der Waals surface area (Å²) in [6, 6.07) is 25.5. The third kappa shape index (κ3) is 7.90. The molecule has 232 valence electrons. The van der Waals surface area contributed by atoms with Crippen LogP contribution in [0, 0.1) is 18.3 Å². The van der Waals surface area contributed by atoms with E-state index in [2.05, 4.69) is 22.0 Å². The molecular formula is C35H31N5O4S2. The first kappa shape index (κ1) is 32.2. The number of aryl methyl sites for hydroxylation is 1. The Balaban J connectivity index is 1.25. The molecule has 0 spiro atoms. The molecule has 0 unspecified atom stereocenters. The normalized spacial score (nSPS) is 12.5. The Labute approximate surface area is 275 Å². The van der Waals surface area contributed by atoms with E-state index in [0.717, 1.165) is 26.5 Å². The van der Waals surface area contributed by atoms with Gasteiger partial charge in [0.25, 0.3) is 11.8 Å². The Morgan fingerprint density at radius 3 is 2.50 bits per heavy atom. The van der Waals surface area contributed by atoms with Gasteiger partial charge in [-0.25, -0.2) is 0 Å². The topological polar surface area (TPSA) is 131 Å². The van der Waals surface area contributed by atoms with E-state index in [4.69, 9.17) is 0 Å². The van der Waals surface area contributed by atoms with E-state index in [1.54, 1.807) is 53.4 Å². The van der Waals surface area contributed by atoms with Gasteiger partial charge in [-0.05, 0) is 66.4 Å². The molecule has 0 saturated carbocycles. The van der Waals surface area contributed by atoms with Gasteiger partial charge in [0.1, 0.15) is 16.8 Å². The Bertz CT molecular complexity index is 1880. The van der Waals surface area contributed by atoms with Gasteiger partial charge in [-0.2, -0.15) is 5.26 Å². The summed E-state index contributed by atoms with van der Waals surface area (Å²) < 4.78 is 0. The maximum absolute atomic E-state index is 13.5. The van der Waals surface area contributed by atoms with Gasteiger partial charge in [0.15, 0.2) is 0 Å². The van der Waals surface area contributed by atoms with Crippen LogP contribution in [0.4, 0.5) is 10.7 Å². The number of nitrogens with zero attached hydrogens (tertiary/aromatic N) is 2. The second-order valence-corrected chi connectivity index (χ2v) is 12.7. The minimum atomic E-state index is -0.499. The zero-order valence-electron chi connectivity index (χ0n) is 25.3. The van der Waals surface area contributed by atoms with Gasteiger partial charge in [-0.1, -0.05) is 48.5 Å². The number of hydrogen-bond acceptors (Lipinski definition) is 7. The van der Waals surface area contributed by atoms with Gasteiger partial charge >= 0.3 is 0 Å². The van der Waals surface area contributed by atoms with Crippen molar-refractivity contribution in [3.8, 4) is 6.07 Å². The number of rotatable bonds is 9. The molecule has 1 aliphatic rings. The first-order valence-electron chi connectivity index (χ1n) is 14.5. The number of hydrogen-bond donors (Lipinski definition) is 3. The highest BCUT2D eigenvalue weighted by Crippen LogP contribution is 2.37. The minimum absolute atomic E-state index is 0.0200. The van der Waals surface area contributed by atoms with Crippen molar-refractivity contribution >= 4 is 63.5 Å². The summed E-state index contributed by atoms with van der Waals surface area (Å²) in [6.45, 7) is 4.43. The zero-order valence-corrected chi connectivity index (χ0v) is 26.9. The van der Waals surface area contributed by atoms with Crippen LogP contribution in [0.1, 0.15) is 44.4 Å². The summed E-state index contributed by atoms with van der Waals surface area (Å²) in [7, 11) is 0. The van der Waals surface area contributed by atoms with Crippen molar-refractivity contribution in [2.75, 3.05) is 22.9 Å². The third-order valence-electron chi connectivity index (χ3n) is 7.35. The summed E-state index contributed by atoms with van der Waals surface area (Å²) >= 11 is 2.62. The predicted octanol–water partition coefficient (Wildman–Crippen LogP) is 5.97. The van der Waals surface area contributed by atoms with Crippen LogP contribution in [0.3, 0.4) is 0 Å². The van der Waals surface area contributed by atoms with Crippen LogP contribution < -0.4 is 16.0 Å². The van der Waals surface area contributed by atoms with Crippen molar-refractivity contribution in [3.63, 3.8) is 0 Å². The number of carbonyl (C=O) groups is 4. The molecule has 1 aromatic heterocycles. The maximum Gasteiger partial charge on any atom is 0.272 e. The number of fused-ring (bicyclic) bond motifs is 1. The van der Waals surface area contributed by atoms with Crippen molar-refractivity contribution in [3.05, 3.63) is 117 Å². The largest absolute Gasteiger partial charge is 0.337 e. The summed E-state index contributed by atoms with van der Waals surface area (Å²) in [6.07, 6.45) is 2.22. The average molecular weight is 650 g/mol. The van der Waals surface area contributed by atoms with E-state index in [1.807, 2.05) is 43.3 Å². The van der Waals surface area contributed by atoms with E-state index in [0.29, 0.717) is 41.3 Å². The standard InChI is InChI=1S/C35H31N5O4S2/c1-22-9-6-7-12-25(22)17-30(38-33(43)24-10-4-3-5-11-24)34(44)37-26-13-8-14-27(18-26)45-21-32(42)39-35-29(19-36)28-15-16-40(23(2)41)20-31(28)46-35/h3-14,17-18H,15-16,20-21H2,1-2H3,(H,37,44)(H,38,43)(H,39,42)/b30-17-. The molecule has 3 aromatic carbocycles. The zero-order chi connectivity index (χ0) is 32.6. The fourth-order valence-corrected chi connectivity index (χ4v) is 6.88. The lowest BCUT2D eigenvalue weighted by atomic mass is 10.0. The lowest BCUT2D eigenvalue weighted by molar-refractivity contribution is -0.129. The average Bonchev–Trinajstić information content (AvgIpc) is 3.40. The number of thioether (sulfide) groups is 1. The highest BCUT2D eigenvalue weighted by Gasteiger charge is 2.26. The van der Waals surface area contributed by atoms with Gasteiger partial charge in [0, 0.05) is 34.5 Å². The number of nitrogens with one attached hydrogen (secondary N) is 3. The molecule has 0 aliphatic carbocycles. The molecule has 4 amide bonds. The van der Waals surface area contributed by atoms with Gasteiger partial charge in [-0.15, -0.1) is 23.1 Å². The molecule has 11 heteroatoms. The highest BCUT2D eigenvalue weighted by atomic mass is 32.2. The molecule has 9 nitrogen and oxygen atoms in total. The van der Waals surface area contributed by atoms with E-state index in [-0.39, 0.29) is 23.3 Å². The number of thiophene rings is 1. The molecule has 1 aliphatic heterocycles. The van der Waals surface area contributed by atoms with Gasteiger partial charge in [0.05, 0.1) is 17.9 Å². The second kappa shape index (κ2) is 14.7.